The topological polar surface area (TPSA) is 38.9 Å². The predicted molar refractivity (Wildman–Crippen MR) is 153 cm³/mol. The van der Waals surface area contributed by atoms with Crippen LogP contribution in [0.4, 0.5) is 0 Å². The highest BCUT2D eigenvalue weighted by molar-refractivity contribution is 6.40. The van der Waals surface area contributed by atoms with Gasteiger partial charge < -0.3 is 4.42 Å². The molecule has 0 aliphatic heterocycles. The molecular weight excluding hydrogens is 452 g/mol. The number of furan rings is 1. The molecule has 0 amide bonds. The second-order valence-corrected chi connectivity index (χ2v) is 9.75. The molecule has 0 atom stereocenters. The van der Waals surface area contributed by atoms with Crippen molar-refractivity contribution in [3.63, 3.8) is 0 Å². The number of nitrogens with zero attached hydrogens (tertiary/aromatic N) is 2. The Balaban J connectivity index is 1.52. The van der Waals surface area contributed by atoms with Crippen LogP contribution in [-0.2, 0) is 0 Å². The number of para-hydroxylation sites is 2. The maximum atomic E-state index is 6.70. The van der Waals surface area contributed by atoms with Crippen LogP contribution in [0.5, 0.6) is 0 Å². The van der Waals surface area contributed by atoms with E-state index in [0.717, 1.165) is 44.7 Å². The largest absolute Gasteiger partial charge is 0.455 e. The van der Waals surface area contributed by atoms with Crippen molar-refractivity contribution in [3.8, 4) is 22.5 Å². The van der Waals surface area contributed by atoms with Crippen LogP contribution in [0.2, 0.25) is 0 Å². The maximum Gasteiger partial charge on any atom is 0.145 e. The van der Waals surface area contributed by atoms with E-state index < -0.39 is 0 Å². The van der Waals surface area contributed by atoms with Gasteiger partial charge in [-0.1, -0.05) is 84.9 Å². The van der Waals surface area contributed by atoms with E-state index >= 15 is 0 Å². The maximum absolute atomic E-state index is 6.70. The lowest BCUT2D eigenvalue weighted by atomic mass is 9.87. The number of rotatable bonds is 2. The molecule has 0 aliphatic carbocycles. The molecule has 37 heavy (non-hydrogen) atoms. The molecule has 0 spiro atoms. The third-order valence-corrected chi connectivity index (χ3v) is 7.75. The molecule has 0 aliphatic rings. The first-order chi connectivity index (χ1) is 18.3. The molecule has 0 saturated carbocycles. The molecule has 0 unspecified atom stereocenters. The number of aromatic nitrogens is 2. The Hall–Kier alpha value is -5.02. The zero-order valence-corrected chi connectivity index (χ0v) is 19.7. The molecule has 0 radical (unpaired) electrons. The quantitative estimate of drug-likeness (QED) is 0.187. The average Bonchev–Trinajstić information content (AvgIpc) is 3.36. The first kappa shape index (κ1) is 19.2. The van der Waals surface area contributed by atoms with Crippen molar-refractivity contribution in [3.05, 3.63) is 109 Å². The highest BCUT2D eigenvalue weighted by Gasteiger charge is 2.25. The zero-order chi connectivity index (χ0) is 24.1. The fourth-order valence-electron chi connectivity index (χ4n) is 6.19. The summed E-state index contributed by atoms with van der Waals surface area (Å²) in [7, 11) is 0. The molecule has 0 fully saturated rings. The molecule has 3 heteroatoms. The van der Waals surface area contributed by atoms with Gasteiger partial charge in [-0.3, -0.25) is 0 Å². The molecule has 9 aromatic rings. The smallest absolute Gasteiger partial charge is 0.145 e. The molecule has 2 heterocycles. The second-order valence-electron chi connectivity index (χ2n) is 9.75. The summed E-state index contributed by atoms with van der Waals surface area (Å²) in [5, 5.41) is 9.86. The van der Waals surface area contributed by atoms with E-state index in [2.05, 4.69) is 66.7 Å². The highest BCUT2D eigenvalue weighted by atomic mass is 16.3. The summed E-state index contributed by atoms with van der Waals surface area (Å²) in [6, 6.07) is 38.0. The fourth-order valence-corrected chi connectivity index (χ4v) is 6.19. The molecule has 170 valence electrons. The Kier molecular flexibility index (Phi) is 3.53. The van der Waals surface area contributed by atoms with Gasteiger partial charge in [0.2, 0.25) is 0 Å². The van der Waals surface area contributed by atoms with Crippen LogP contribution in [0.3, 0.4) is 0 Å². The fraction of sp³-hybridized carbons (Fsp3) is 0. The van der Waals surface area contributed by atoms with E-state index in [-0.39, 0.29) is 0 Å². The van der Waals surface area contributed by atoms with Crippen molar-refractivity contribution >= 4 is 65.3 Å². The summed E-state index contributed by atoms with van der Waals surface area (Å²) in [4.78, 5) is 10.3. The van der Waals surface area contributed by atoms with Gasteiger partial charge in [-0.25, -0.2) is 9.97 Å². The van der Waals surface area contributed by atoms with Gasteiger partial charge in [0.05, 0.1) is 16.7 Å². The highest BCUT2D eigenvalue weighted by Crippen LogP contribution is 2.49. The van der Waals surface area contributed by atoms with Gasteiger partial charge in [0.15, 0.2) is 0 Å². The molecule has 0 saturated heterocycles. The van der Waals surface area contributed by atoms with E-state index in [1.807, 2.05) is 42.5 Å². The van der Waals surface area contributed by atoms with Crippen LogP contribution in [0.1, 0.15) is 0 Å². The van der Waals surface area contributed by atoms with Gasteiger partial charge in [0.25, 0.3) is 0 Å². The summed E-state index contributed by atoms with van der Waals surface area (Å²) in [5.74, 6) is 0. The van der Waals surface area contributed by atoms with Gasteiger partial charge in [0.1, 0.15) is 16.9 Å². The monoisotopic (exact) mass is 470 g/mol. The van der Waals surface area contributed by atoms with E-state index in [1.165, 1.54) is 43.1 Å². The first-order valence-corrected chi connectivity index (χ1v) is 12.5. The summed E-state index contributed by atoms with van der Waals surface area (Å²) in [5.41, 5.74) is 7.24. The summed E-state index contributed by atoms with van der Waals surface area (Å²) < 4.78 is 6.70. The number of hydrogen-bond donors (Lipinski definition) is 0. The molecular formula is C34H18N2O. The third-order valence-electron chi connectivity index (χ3n) is 7.75. The SMILES string of the molecule is c1ccc(-c2nc3ccccc3nc2-c2cc3ccc4cccc5c6cccc7oc2c(c76)c3c45)cc1. The zero-order valence-electron chi connectivity index (χ0n) is 19.7. The van der Waals surface area contributed by atoms with Gasteiger partial charge in [-0.2, -0.15) is 0 Å². The predicted octanol–water partition coefficient (Wildman–Crippen LogP) is 9.20. The van der Waals surface area contributed by atoms with Crippen LogP contribution in [-0.4, -0.2) is 9.97 Å². The van der Waals surface area contributed by atoms with E-state index in [1.54, 1.807) is 0 Å². The summed E-state index contributed by atoms with van der Waals surface area (Å²) >= 11 is 0. The van der Waals surface area contributed by atoms with Crippen LogP contribution in [0.25, 0.3) is 87.8 Å². The summed E-state index contributed by atoms with van der Waals surface area (Å²) in [6.45, 7) is 0. The minimum absolute atomic E-state index is 0.839. The Morgan fingerprint density at radius 2 is 1.19 bits per heavy atom. The third kappa shape index (κ3) is 2.45. The lowest BCUT2D eigenvalue weighted by Gasteiger charge is -2.15. The molecule has 2 aromatic heterocycles. The van der Waals surface area contributed by atoms with Crippen LogP contribution in [0.15, 0.2) is 114 Å². The Labute approximate surface area is 211 Å². The van der Waals surface area contributed by atoms with Crippen molar-refractivity contribution in [1.29, 1.82) is 0 Å². The van der Waals surface area contributed by atoms with Crippen LogP contribution < -0.4 is 0 Å². The molecule has 7 aromatic carbocycles. The van der Waals surface area contributed by atoms with E-state index in [4.69, 9.17) is 14.4 Å². The Bertz CT molecular complexity index is 2300. The minimum atomic E-state index is 0.839. The van der Waals surface area contributed by atoms with Gasteiger partial charge >= 0.3 is 0 Å². The molecule has 9 rings (SSSR count). The van der Waals surface area contributed by atoms with E-state index in [9.17, 15) is 0 Å². The van der Waals surface area contributed by atoms with Crippen molar-refractivity contribution in [2.75, 3.05) is 0 Å². The van der Waals surface area contributed by atoms with E-state index in [0.29, 0.717) is 0 Å². The minimum Gasteiger partial charge on any atom is -0.455 e. The number of benzene rings is 7. The number of fused-ring (bicyclic) bond motifs is 2. The van der Waals surface area contributed by atoms with Gasteiger partial charge in [-0.15, -0.1) is 0 Å². The molecule has 0 bridgehead atoms. The normalized spacial score (nSPS) is 12.3. The second kappa shape index (κ2) is 6.80. The number of hydrogen-bond acceptors (Lipinski definition) is 3. The molecule has 0 N–H and O–H groups in total. The van der Waals surface area contributed by atoms with Crippen molar-refractivity contribution in [1.82, 2.24) is 9.97 Å². The van der Waals surface area contributed by atoms with Crippen LogP contribution in [0, 0.1) is 0 Å². The van der Waals surface area contributed by atoms with Gasteiger partial charge in [0, 0.05) is 27.3 Å². The van der Waals surface area contributed by atoms with Crippen molar-refractivity contribution < 1.29 is 4.42 Å². The summed E-state index contributed by atoms with van der Waals surface area (Å²) in [6.07, 6.45) is 0. The first-order valence-electron chi connectivity index (χ1n) is 12.5. The van der Waals surface area contributed by atoms with Crippen LogP contribution >= 0.6 is 0 Å². The lowest BCUT2D eigenvalue weighted by molar-refractivity contribution is 0.670. The molecule has 3 nitrogen and oxygen atoms in total. The Morgan fingerprint density at radius 1 is 0.486 bits per heavy atom. The average molecular weight is 471 g/mol. The van der Waals surface area contributed by atoms with Gasteiger partial charge in [-0.05, 0) is 51.2 Å². The van der Waals surface area contributed by atoms with Crippen molar-refractivity contribution in [2.24, 2.45) is 0 Å². The lowest BCUT2D eigenvalue weighted by Crippen LogP contribution is -1.96. The van der Waals surface area contributed by atoms with Crippen molar-refractivity contribution in [2.45, 2.75) is 0 Å². The standard InChI is InChI=1S/C34H18N2O/c1-2-8-20(9-3-1)32-33(36-26-14-5-4-13-25(26)35-32)24-18-21-17-16-19-10-6-11-22-23-12-7-15-27-30(23)31(34(24)37-27)29(21)28(19)22/h1-18H. The Morgan fingerprint density at radius 3 is 2.03 bits per heavy atom.